The molecule has 1 saturated heterocycles. The number of anilines is 1. The SMILES string of the molecule is Cc1ccccc1NC(=O)CN1CC(c2nc(-c3ccco3)no2)C1.O=C(O)C(=O)O. The van der Waals surface area contributed by atoms with Crippen LogP contribution in [0.5, 0.6) is 0 Å². The number of aryl methyl sites for hydroxylation is 1. The van der Waals surface area contributed by atoms with Crippen molar-refractivity contribution in [1.82, 2.24) is 15.0 Å². The number of amides is 1. The predicted octanol–water partition coefficient (Wildman–Crippen LogP) is 1.83. The summed E-state index contributed by atoms with van der Waals surface area (Å²) in [5, 5.41) is 21.7. The van der Waals surface area contributed by atoms with E-state index < -0.39 is 11.9 Å². The van der Waals surface area contributed by atoms with Gasteiger partial charge in [-0.05, 0) is 30.7 Å². The number of likely N-dealkylation sites (tertiary alicyclic amines) is 1. The Hall–Kier alpha value is -3.99. The molecule has 3 N–H and O–H groups in total. The van der Waals surface area contributed by atoms with Crippen LogP contribution in [-0.2, 0) is 14.4 Å². The third-order valence-electron chi connectivity index (χ3n) is 4.46. The molecule has 11 heteroatoms. The molecule has 3 heterocycles. The van der Waals surface area contributed by atoms with Gasteiger partial charge in [-0.1, -0.05) is 23.4 Å². The van der Waals surface area contributed by atoms with Gasteiger partial charge in [0.15, 0.2) is 5.76 Å². The number of rotatable bonds is 5. The molecule has 0 atom stereocenters. The first-order valence-electron chi connectivity index (χ1n) is 9.25. The number of nitrogens with one attached hydrogen (secondary N) is 1. The zero-order valence-corrected chi connectivity index (χ0v) is 16.5. The highest BCUT2D eigenvalue weighted by molar-refractivity contribution is 6.27. The molecule has 0 unspecified atom stereocenters. The Morgan fingerprint density at radius 2 is 1.84 bits per heavy atom. The molecule has 2 aromatic heterocycles. The molecule has 0 spiro atoms. The number of aliphatic carboxylic acids is 2. The van der Waals surface area contributed by atoms with Crippen LogP contribution in [0.3, 0.4) is 0 Å². The molecule has 11 nitrogen and oxygen atoms in total. The van der Waals surface area contributed by atoms with Crippen molar-refractivity contribution < 1.29 is 33.5 Å². The molecule has 162 valence electrons. The third-order valence-corrected chi connectivity index (χ3v) is 4.46. The molecule has 31 heavy (non-hydrogen) atoms. The Labute approximate surface area is 176 Å². The van der Waals surface area contributed by atoms with Gasteiger partial charge in [0.25, 0.3) is 0 Å². The van der Waals surface area contributed by atoms with E-state index in [4.69, 9.17) is 28.7 Å². The van der Waals surface area contributed by atoms with Crippen molar-refractivity contribution in [3.05, 3.63) is 54.1 Å². The summed E-state index contributed by atoms with van der Waals surface area (Å²) in [4.78, 5) is 36.8. The second kappa shape index (κ2) is 9.67. The summed E-state index contributed by atoms with van der Waals surface area (Å²) >= 11 is 0. The van der Waals surface area contributed by atoms with Gasteiger partial charge in [-0.3, -0.25) is 9.69 Å². The number of aromatic nitrogens is 2. The zero-order valence-electron chi connectivity index (χ0n) is 16.5. The largest absolute Gasteiger partial charge is 0.473 e. The number of carboxylic acids is 2. The molecule has 3 aromatic rings. The molecule has 0 saturated carbocycles. The summed E-state index contributed by atoms with van der Waals surface area (Å²) < 4.78 is 10.6. The molecule has 1 amide bonds. The summed E-state index contributed by atoms with van der Waals surface area (Å²) in [5.41, 5.74) is 1.90. The second-order valence-corrected chi connectivity index (χ2v) is 6.80. The average Bonchev–Trinajstić information content (AvgIpc) is 3.38. The van der Waals surface area contributed by atoms with Gasteiger partial charge in [-0.25, -0.2) is 9.59 Å². The predicted molar refractivity (Wildman–Crippen MR) is 106 cm³/mol. The maximum absolute atomic E-state index is 12.2. The fraction of sp³-hybridized carbons (Fsp3) is 0.250. The molecule has 1 aromatic carbocycles. The number of para-hydroxylation sites is 1. The van der Waals surface area contributed by atoms with Crippen LogP contribution in [0.4, 0.5) is 5.69 Å². The highest BCUT2D eigenvalue weighted by Gasteiger charge is 2.33. The van der Waals surface area contributed by atoms with Crippen LogP contribution in [-0.4, -0.2) is 62.7 Å². The van der Waals surface area contributed by atoms with Gasteiger partial charge in [0.1, 0.15) is 0 Å². The lowest BCUT2D eigenvalue weighted by Gasteiger charge is -2.36. The first kappa shape index (κ1) is 21.7. The number of carbonyl (C=O) groups is 3. The van der Waals surface area contributed by atoms with Gasteiger partial charge in [0, 0.05) is 18.8 Å². The Kier molecular flexibility index (Phi) is 6.78. The van der Waals surface area contributed by atoms with Crippen LogP contribution >= 0.6 is 0 Å². The van der Waals surface area contributed by atoms with Gasteiger partial charge in [0.05, 0.1) is 18.7 Å². The van der Waals surface area contributed by atoms with Crippen LogP contribution in [0.1, 0.15) is 17.4 Å². The normalized spacial score (nSPS) is 13.6. The zero-order chi connectivity index (χ0) is 22.4. The quantitative estimate of drug-likeness (QED) is 0.512. The molecular weight excluding hydrogens is 408 g/mol. The van der Waals surface area contributed by atoms with Crippen LogP contribution in [0.15, 0.2) is 51.6 Å². The van der Waals surface area contributed by atoms with Crippen molar-refractivity contribution in [2.45, 2.75) is 12.8 Å². The van der Waals surface area contributed by atoms with Gasteiger partial charge < -0.3 is 24.5 Å². The Bertz CT molecular complexity index is 1040. The van der Waals surface area contributed by atoms with Gasteiger partial charge >= 0.3 is 11.9 Å². The Balaban J connectivity index is 0.000000401. The number of furan rings is 1. The van der Waals surface area contributed by atoms with E-state index in [1.165, 1.54) is 0 Å². The highest BCUT2D eigenvalue weighted by atomic mass is 16.5. The maximum atomic E-state index is 12.2. The van der Waals surface area contributed by atoms with Crippen molar-refractivity contribution in [3.63, 3.8) is 0 Å². The number of hydrogen-bond donors (Lipinski definition) is 3. The van der Waals surface area contributed by atoms with Crippen LogP contribution < -0.4 is 5.32 Å². The first-order chi connectivity index (χ1) is 14.8. The molecule has 0 aliphatic carbocycles. The van der Waals surface area contributed by atoms with E-state index in [-0.39, 0.29) is 11.8 Å². The summed E-state index contributed by atoms with van der Waals surface area (Å²) in [6.45, 7) is 3.77. The standard InChI is InChI=1S/C18H18N4O3.C2H2O4/c1-12-5-2-3-6-14(12)19-16(23)11-22-9-13(10-22)18-20-17(21-25-18)15-7-4-8-24-15;3-1(4)2(5)6/h2-8,13H,9-11H2,1H3,(H,19,23);(H,3,4)(H,5,6). The fourth-order valence-corrected chi connectivity index (χ4v) is 2.87. The van der Waals surface area contributed by atoms with E-state index in [9.17, 15) is 4.79 Å². The Morgan fingerprint density at radius 1 is 1.13 bits per heavy atom. The molecule has 1 aliphatic rings. The number of carboxylic acid groups (broad SMARTS) is 2. The molecule has 0 bridgehead atoms. The summed E-state index contributed by atoms with van der Waals surface area (Å²) in [5.74, 6) is -1.89. The summed E-state index contributed by atoms with van der Waals surface area (Å²) in [6, 6.07) is 11.3. The number of carbonyl (C=O) groups excluding carboxylic acids is 1. The monoisotopic (exact) mass is 428 g/mol. The number of benzene rings is 1. The van der Waals surface area contributed by atoms with Crippen molar-refractivity contribution >= 4 is 23.5 Å². The van der Waals surface area contributed by atoms with Gasteiger partial charge in [-0.2, -0.15) is 4.98 Å². The number of nitrogens with zero attached hydrogens (tertiary/aromatic N) is 3. The van der Waals surface area contributed by atoms with Crippen molar-refractivity contribution in [2.24, 2.45) is 0 Å². The topological polar surface area (TPSA) is 159 Å². The van der Waals surface area contributed by atoms with E-state index in [0.717, 1.165) is 24.3 Å². The van der Waals surface area contributed by atoms with E-state index in [0.29, 0.717) is 24.0 Å². The molecule has 0 radical (unpaired) electrons. The van der Waals surface area contributed by atoms with Crippen LogP contribution in [0, 0.1) is 6.92 Å². The van der Waals surface area contributed by atoms with E-state index in [1.54, 1.807) is 18.4 Å². The fourth-order valence-electron chi connectivity index (χ4n) is 2.87. The smallest absolute Gasteiger partial charge is 0.414 e. The summed E-state index contributed by atoms with van der Waals surface area (Å²) in [7, 11) is 0. The van der Waals surface area contributed by atoms with E-state index in [1.807, 2.05) is 31.2 Å². The number of hydrogen-bond acceptors (Lipinski definition) is 8. The van der Waals surface area contributed by atoms with E-state index >= 15 is 0 Å². The highest BCUT2D eigenvalue weighted by Crippen LogP contribution is 2.27. The third kappa shape index (κ3) is 5.76. The lowest BCUT2D eigenvalue weighted by atomic mass is 10.0. The molecular formula is C20H20N4O7. The van der Waals surface area contributed by atoms with Crippen molar-refractivity contribution in [1.29, 1.82) is 0 Å². The minimum absolute atomic E-state index is 0.0189. The average molecular weight is 428 g/mol. The summed E-state index contributed by atoms with van der Waals surface area (Å²) in [6.07, 6.45) is 1.57. The second-order valence-electron chi connectivity index (χ2n) is 6.80. The molecule has 1 fully saturated rings. The van der Waals surface area contributed by atoms with Gasteiger partial charge in [0.2, 0.25) is 17.6 Å². The minimum Gasteiger partial charge on any atom is -0.473 e. The van der Waals surface area contributed by atoms with Crippen LogP contribution in [0.25, 0.3) is 11.6 Å². The first-order valence-corrected chi connectivity index (χ1v) is 9.25. The van der Waals surface area contributed by atoms with Crippen molar-refractivity contribution in [3.8, 4) is 11.6 Å². The van der Waals surface area contributed by atoms with Crippen LogP contribution in [0.2, 0.25) is 0 Å². The van der Waals surface area contributed by atoms with Gasteiger partial charge in [-0.15, -0.1) is 0 Å². The molecule has 4 rings (SSSR count). The van der Waals surface area contributed by atoms with Crippen molar-refractivity contribution in [2.75, 3.05) is 25.0 Å². The maximum Gasteiger partial charge on any atom is 0.414 e. The Morgan fingerprint density at radius 3 is 2.45 bits per heavy atom. The lowest BCUT2D eigenvalue weighted by Crippen LogP contribution is -2.48. The lowest BCUT2D eigenvalue weighted by molar-refractivity contribution is -0.159. The molecule has 1 aliphatic heterocycles. The van der Waals surface area contributed by atoms with E-state index in [2.05, 4.69) is 20.4 Å². The minimum atomic E-state index is -1.82.